The zero-order chi connectivity index (χ0) is 13.3. The van der Waals surface area contributed by atoms with Gasteiger partial charge in [-0.25, -0.2) is 0 Å². The molecule has 0 aromatic rings. The minimum absolute atomic E-state index is 0.0194. The second kappa shape index (κ2) is 5.57. The molecule has 1 heterocycles. The Hall–Kier alpha value is -0.610. The van der Waals surface area contributed by atoms with Crippen LogP contribution in [0.2, 0.25) is 0 Å². The molecule has 5 atom stereocenters. The Kier molecular flexibility index (Phi) is 4.28. The first-order chi connectivity index (χ1) is 8.52. The molecule has 2 fully saturated rings. The molecule has 0 bridgehead atoms. The largest absolute Gasteiger partial charge is 0.394 e. The highest BCUT2D eigenvalue weighted by Crippen LogP contribution is 2.32. The zero-order valence-corrected chi connectivity index (χ0v) is 11.5. The second-order valence-electron chi connectivity index (χ2n) is 6.32. The van der Waals surface area contributed by atoms with Crippen molar-refractivity contribution in [3.8, 4) is 0 Å². The number of hydrogen-bond donors (Lipinski definition) is 2. The number of likely N-dealkylation sites (tertiary alicyclic amines) is 1. The molecule has 0 radical (unpaired) electrons. The lowest BCUT2D eigenvalue weighted by Crippen LogP contribution is -2.46. The van der Waals surface area contributed by atoms with Gasteiger partial charge in [0.05, 0.1) is 12.6 Å². The smallest absolute Gasteiger partial charge is 0.226 e. The SMILES string of the molecule is CC1CC(N)CC(C(=O)N2CCC(C)C2CO)C1. The standard InChI is InChI=1S/C14H26N2O2/c1-9-5-11(7-12(15)6-9)14(18)16-4-3-10(2)13(16)8-17/h9-13,17H,3-8,15H2,1-2H3. The Labute approximate surface area is 110 Å². The fourth-order valence-electron chi connectivity index (χ4n) is 3.65. The minimum Gasteiger partial charge on any atom is -0.394 e. The molecule has 18 heavy (non-hydrogen) atoms. The number of aliphatic hydroxyl groups excluding tert-OH is 1. The van der Waals surface area contributed by atoms with E-state index in [1.54, 1.807) is 0 Å². The van der Waals surface area contributed by atoms with Crippen LogP contribution in [-0.2, 0) is 4.79 Å². The van der Waals surface area contributed by atoms with Crippen molar-refractivity contribution >= 4 is 5.91 Å². The van der Waals surface area contributed by atoms with Crippen LogP contribution in [0.4, 0.5) is 0 Å². The molecule has 0 aromatic heterocycles. The number of carbonyl (C=O) groups excluding carboxylic acids is 1. The lowest BCUT2D eigenvalue weighted by atomic mass is 9.79. The summed E-state index contributed by atoms with van der Waals surface area (Å²) in [4.78, 5) is 14.5. The van der Waals surface area contributed by atoms with Crippen molar-refractivity contribution < 1.29 is 9.90 Å². The number of aliphatic hydroxyl groups is 1. The fraction of sp³-hybridized carbons (Fsp3) is 0.929. The predicted octanol–water partition coefficient (Wildman–Crippen LogP) is 0.979. The number of amides is 1. The van der Waals surface area contributed by atoms with E-state index in [4.69, 9.17) is 5.73 Å². The van der Waals surface area contributed by atoms with Crippen LogP contribution in [0.1, 0.15) is 39.5 Å². The molecule has 4 nitrogen and oxygen atoms in total. The molecular weight excluding hydrogens is 228 g/mol. The van der Waals surface area contributed by atoms with Gasteiger partial charge in [-0.1, -0.05) is 13.8 Å². The Balaban J connectivity index is 2.02. The van der Waals surface area contributed by atoms with Gasteiger partial charge in [0.15, 0.2) is 0 Å². The van der Waals surface area contributed by atoms with Gasteiger partial charge in [-0.2, -0.15) is 0 Å². The van der Waals surface area contributed by atoms with Crippen LogP contribution in [0, 0.1) is 17.8 Å². The summed E-state index contributed by atoms with van der Waals surface area (Å²) in [5.74, 6) is 1.24. The molecule has 104 valence electrons. The third-order valence-corrected chi connectivity index (χ3v) is 4.68. The van der Waals surface area contributed by atoms with Crippen molar-refractivity contribution in [1.82, 2.24) is 4.90 Å². The molecule has 0 aromatic carbocycles. The predicted molar refractivity (Wildman–Crippen MR) is 70.8 cm³/mol. The highest BCUT2D eigenvalue weighted by Gasteiger charge is 2.38. The first-order valence-corrected chi connectivity index (χ1v) is 7.19. The van der Waals surface area contributed by atoms with E-state index in [1.807, 2.05) is 4.90 Å². The van der Waals surface area contributed by atoms with E-state index in [-0.39, 0.29) is 30.5 Å². The van der Waals surface area contributed by atoms with E-state index in [9.17, 15) is 9.90 Å². The first-order valence-electron chi connectivity index (χ1n) is 7.19. The van der Waals surface area contributed by atoms with Gasteiger partial charge in [0.2, 0.25) is 5.91 Å². The van der Waals surface area contributed by atoms with Crippen LogP contribution in [0.5, 0.6) is 0 Å². The van der Waals surface area contributed by atoms with Crippen molar-refractivity contribution in [2.45, 2.75) is 51.6 Å². The van der Waals surface area contributed by atoms with Crippen molar-refractivity contribution in [3.05, 3.63) is 0 Å². The summed E-state index contributed by atoms with van der Waals surface area (Å²) in [5.41, 5.74) is 6.03. The molecular formula is C14H26N2O2. The van der Waals surface area contributed by atoms with E-state index in [2.05, 4.69) is 13.8 Å². The van der Waals surface area contributed by atoms with Crippen LogP contribution in [0.25, 0.3) is 0 Å². The topological polar surface area (TPSA) is 66.6 Å². The normalized spacial score (nSPS) is 41.1. The molecule has 3 N–H and O–H groups in total. The lowest BCUT2D eigenvalue weighted by molar-refractivity contribution is -0.139. The molecule has 1 amide bonds. The number of rotatable bonds is 2. The molecule has 1 saturated heterocycles. The van der Waals surface area contributed by atoms with Gasteiger partial charge >= 0.3 is 0 Å². The molecule has 1 aliphatic carbocycles. The molecule has 1 aliphatic heterocycles. The van der Waals surface area contributed by atoms with Crippen molar-refractivity contribution in [2.24, 2.45) is 23.5 Å². The molecule has 2 aliphatic rings. The summed E-state index contributed by atoms with van der Waals surface area (Å²) in [6.45, 7) is 5.17. The Morgan fingerprint density at radius 2 is 2.06 bits per heavy atom. The van der Waals surface area contributed by atoms with Crippen LogP contribution in [0.15, 0.2) is 0 Å². The van der Waals surface area contributed by atoms with Crippen molar-refractivity contribution in [1.29, 1.82) is 0 Å². The summed E-state index contributed by atoms with van der Waals surface area (Å²) in [6, 6.07) is 0.182. The summed E-state index contributed by atoms with van der Waals surface area (Å²) in [7, 11) is 0. The van der Waals surface area contributed by atoms with Crippen LogP contribution >= 0.6 is 0 Å². The van der Waals surface area contributed by atoms with Gasteiger partial charge < -0.3 is 15.7 Å². The first kappa shape index (κ1) is 13.8. The molecule has 1 saturated carbocycles. The maximum atomic E-state index is 12.6. The van der Waals surface area contributed by atoms with Crippen molar-refractivity contribution in [2.75, 3.05) is 13.2 Å². The van der Waals surface area contributed by atoms with Gasteiger partial charge in [-0.05, 0) is 37.5 Å². The molecule has 0 spiro atoms. The van der Waals surface area contributed by atoms with E-state index < -0.39 is 0 Å². The summed E-state index contributed by atoms with van der Waals surface area (Å²) >= 11 is 0. The molecule has 5 unspecified atom stereocenters. The third kappa shape index (κ3) is 2.69. The number of nitrogens with zero attached hydrogens (tertiary/aromatic N) is 1. The summed E-state index contributed by atoms with van der Waals surface area (Å²) in [5, 5.41) is 9.44. The third-order valence-electron chi connectivity index (χ3n) is 4.68. The molecule has 2 rings (SSSR count). The van der Waals surface area contributed by atoms with Gasteiger partial charge in [0, 0.05) is 18.5 Å². The Morgan fingerprint density at radius 1 is 1.33 bits per heavy atom. The van der Waals surface area contributed by atoms with Gasteiger partial charge in [0.25, 0.3) is 0 Å². The quantitative estimate of drug-likeness (QED) is 0.772. The number of carbonyl (C=O) groups is 1. The zero-order valence-electron chi connectivity index (χ0n) is 11.5. The van der Waals surface area contributed by atoms with Crippen LogP contribution in [0.3, 0.4) is 0 Å². The number of nitrogens with two attached hydrogens (primary N) is 1. The summed E-state index contributed by atoms with van der Waals surface area (Å²) in [6.07, 6.45) is 3.80. The second-order valence-corrected chi connectivity index (χ2v) is 6.32. The van der Waals surface area contributed by atoms with Crippen molar-refractivity contribution in [3.63, 3.8) is 0 Å². The number of hydrogen-bond acceptors (Lipinski definition) is 3. The van der Waals surface area contributed by atoms with Gasteiger partial charge in [-0.3, -0.25) is 4.79 Å². The maximum absolute atomic E-state index is 12.6. The monoisotopic (exact) mass is 254 g/mol. The lowest BCUT2D eigenvalue weighted by Gasteiger charge is -2.35. The highest BCUT2D eigenvalue weighted by molar-refractivity contribution is 5.79. The average Bonchev–Trinajstić information content (AvgIpc) is 2.68. The average molecular weight is 254 g/mol. The maximum Gasteiger partial charge on any atom is 0.226 e. The van der Waals surface area contributed by atoms with Crippen LogP contribution < -0.4 is 5.73 Å². The van der Waals surface area contributed by atoms with Crippen LogP contribution in [-0.4, -0.2) is 41.1 Å². The van der Waals surface area contributed by atoms with E-state index in [1.165, 1.54) is 0 Å². The van der Waals surface area contributed by atoms with E-state index >= 15 is 0 Å². The van der Waals surface area contributed by atoms with Gasteiger partial charge in [0.1, 0.15) is 0 Å². The van der Waals surface area contributed by atoms with Gasteiger partial charge in [-0.15, -0.1) is 0 Å². The van der Waals surface area contributed by atoms with E-state index in [0.29, 0.717) is 11.8 Å². The van der Waals surface area contributed by atoms with E-state index in [0.717, 1.165) is 32.2 Å². The fourth-order valence-corrected chi connectivity index (χ4v) is 3.65. The summed E-state index contributed by atoms with van der Waals surface area (Å²) < 4.78 is 0. The Morgan fingerprint density at radius 3 is 2.67 bits per heavy atom. The highest BCUT2D eigenvalue weighted by atomic mass is 16.3. The molecule has 4 heteroatoms. The Bertz CT molecular complexity index is 298. The minimum atomic E-state index is 0.0194.